The van der Waals surface area contributed by atoms with E-state index in [-0.39, 0.29) is 12.2 Å². The standard InChI is InChI=1S/C21H19F2NO3/c1-2-25-18-9-10-21(20(24)12-18)27-17-7-5-16(6-8-17)26-13-14-3-4-15(22)11-19(14)23/h3-12H,2,13,24H2,1H3. The van der Waals surface area contributed by atoms with Crippen molar-refractivity contribution in [2.75, 3.05) is 12.3 Å². The Bertz CT molecular complexity index is 914. The lowest BCUT2D eigenvalue weighted by molar-refractivity contribution is 0.299. The monoisotopic (exact) mass is 371 g/mol. The fourth-order valence-electron chi connectivity index (χ4n) is 2.41. The number of halogens is 2. The number of ether oxygens (including phenoxy) is 3. The van der Waals surface area contributed by atoms with Crippen LogP contribution in [0.25, 0.3) is 0 Å². The summed E-state index contributed by atoms with van der Waals surface area (Å²) < 4.78 is 43.2. The summed E-state index contributed by atoms with van der Waals surface area (Å²) in [5.74, 6) is 1.05. The highest BCUT2D eigenvalue weighted by atomic mass is 19.1. The first-order valence-corrected chi connectivity index (χ1v) is 8.42. The second-order valence-electron chi connectivity index (χ2n) is 5.73. The molecule has 3 aromatic carbocycles. The molecule has 0 bridgehead atoms. The van der Waals surface area contributed by atoms with Crippen molar-refractivity contribution in [1.29, 1.82) is 0 Å². The van der Waals surface area contributed by atoms with Crippen LogP contribution in [0.2, 0.25) is 0 Å². The van der Waals surface area contributed by atoms with Crippen LogP contribution in [-0.4, -0.2) is 6.61 Å². The van der Waals surface area contributed by atoms with Crippen LogP contribution in [0.1, 0.15) is 12.5 Å². The predicted octanol–water partition coefficient (Wildman–Crippen LogP) is 5.32. The fourth-order valence-corrected chi connectivity index (χ4v) is 2.41. The second-order valence-corrected chi connectivity index (χ2v) is 5.73. The lowest BCUT2D eigenvalue weighted by Gasteiger charge is -2.11. The van der Waals surface area contributed by atoms with Gasteiger partial charge in [0.25, 0.3) is 0 Å². The van der Waals surface area contributed by atoms with Crippen LogP contribution in [0.5, 0.6) is 23.0 Å². The van der Waals surface area contributed by atoms with Gasteiger partial charge in [-0.25, -0.2) is 8.78 Å². The summed E-state index contributed by atoms with van der Waals surface area (Å²) in [5.41, 5.74) is 6.72. The van der Waals surface area contributed by atoms with Crippen molar-refractivity contribution in [3.8, 4) is 23.0 Å². The third-order valence-corrected chi connectivity index (χ3v) is 3.75. The zero-order valence-corrected chi connectivity index (χ0v) is 14.7. The molecule has 0 heterocycles. The maximum absolute atomic E-state index is 13.6. The molecule has 0 aliphatic heterocycles. The molecule has 0 aromatic heterocycles. The smallest absolute Gasteiger partial charge is 0.150 e. The largest absolute Gasteiger partial charge is 0.494 e. The highest BCUT2D eigenvalue weighted by Crippen LogP contribution is 2.31. The third kappa shape index (κ3) is 4.88. The van der Waals surface area contributed by atoms with Crippen LogP contribution in [0.15, 0.2) is 60.7 Å². The van der Waals surface area contributed by atoms with Gasteiger partial charge in [-0.15, -0.1) is 0 Å². The number of hydrogen-bond donors (Lipinski definition) is 1. The van der Waals surface area contributed by atoms with Gasteiger partial charge < -0.3 is 19.9 Å². The van der Waals surface area contributed by atoms with E-state index in [4.69, 9.17) is 19.9 Å². The van der Waals surface area contributed by atoms with Crippen LogP contribution < -0.4 is 19.9 Å². The van der Waals surface area contributed by atoms with Crippen molar-refractivity contribution in [1.82, 2.24) is 0 Å². The maximum atomic E-state index is 13.6. The van der Waals surface area contributed by atoms with Gasteiger partial charge in [-0.1, -0.05) is 0 Å². The van der Waals surface area contributed by atoms with E-state index in [2.05, 4.69) is 0 Å². The molecule has 0 unspecified atom stereocenters. The second kappa shape index (κ2) is 8.40. The Morgan fingerprint density at radius 2 is 1.52 bits per heavy atom. The van der Waals surface area contributed by atoms with Gasteiger partial charge in [-0.3, -0.25) is 0 Å². The molecule has 0 spiro atoms. The summed E-state index contributed by atoms with van der Waals surface area (Å²) >= 11 is 0. The quantitative estimate of drug-likeness (QED) is 0.571. The van der Waals surface area contributed by atoms with Crippen LogP contribution in [-0.2, 0) is 6.61 Å². The number of nitrogens with two attached hydrogens (primary N) is 1. The lowest BCUT2D eigenvalue weighted by atomic mass is 10.2. The van der Waals surface area contributed by atoms with Gasteiger partial charge >= 0.3 is 0 Å². The molecule has 0 saturated heterocycles. The van der Waals surface area contributed by atoms with Gasteiger partial charge in [-0.2, -0.15) is 0 Å². The van der Waals surface area contributed by atoms with Crippen molar-refractivity contribution in [3.05, 3.63) is 77.9 Å². The van der Waals surface area contributed by atoms with E-state index < -0.39 is 11.6 Å². The van der Waals surface area contributed by atoms with Gasteiger partial charge in [0.15, 0.2) is 5.75 Å². The average molecular weight is 371 g/mol. The van der Waals surface area contributed by atoms with E-state index in [0.29, 0.717) is 35.3 Å². The number of rotatable bonds is 7. The minimum atomic E-state index is -0.638. The molecule has 3 rings (SSSR count). The van der Waals surface area contributed by atoms with E-state index in [9.17, 15) is 8.78 Å². The number of nitrogen functional groups attached to an aromatic ring is 1. The molecule has 0 atom stereocenters. The summed E-state index contributed by atoms with van der Waals surface area (Å²) in [6.45, 7) is 2.45. The zero-order valence-electron chi connectivity index (χ0n) is 14.7. The molecule has 4 nitrogen and oxygen atoms in total. The van der Waals surface area contributed by atoms with E-state index >= 15 is 0 Å². The van der Waals surface area contributed by atoms with Crippen molar-refractivity contribution in [2.45, 2.75) is 13.5 Å². The molecule has 2 N–H and O–H groups in total. The average Bonchev–Trinajstić information content (AvgIpc) is 2.65. The number of hydrogen-bond acceptors (Lipinski definition) is 4. The van der Waals surface area contributed by atoms with Crippen molar-refractivity contribution in [3.63, 3.8) is 0 Å². The van der Waals surface area contributed by atoms with Crippen molar-refractivity contribution < 1.29 is 23.0 Å². The summed E-state index contributed by atoms with van der Waals surface area (Å²) in [5, 5.41) is 0. The topological polar surface area (TPSA) is 53.7 Å². The van der Waals surface area contributed by atoms with Gasteiger partial charge in [0.2, 0.25) is 0 Å². The van der Waals surface area contributed by atoms with E-state index in [1.807, 2.05) is 6.92 Å². The Balaban J connectivity index is 1.61. The summed E-state index contributed by atoms with van der Waals surface area (Å²) in [7, 11) is 0. The fraction of sp³-hybridized carbons (Fsp3) is 0.143. The van der Waals surface area contributed by atoms with Crippen LogP contribution in [0, 0.1) is 11.6 Å². The molecule has 140 valence electrons. The Morgan fingerprint density at radius 1 is 0.815 bits per heavy atom. The highest BCUT2D eigenvalue weighted by Gasteiger charge is 2.07. The Morgan fingerprint density at radius 3 is 2.19 bits per heavy atom. The molecular weight excluding hydrogens is 352 g/mol. The van der Waals surface area contributed by atoms with Crippen LogP contribution >= 0.6 is 0 Å². The SMILES string of the molecule is CCOc1ccc(Oc2ccc(OCc3ccc(F)cc3F)cc2)c(N)c1. The first kappa shape index (κ1) is 18.5. The lowest BCUT2D eigenvalue weighted by Crippen LogP contribution is -1.99. The van der Waals surface area contributed by atoms with Gasteiger partial charge in [0.05, 0.1) is 12.3 Å². The maximum Gasteiger partial charge on any atom is 0.150 e. The molecule has 0 radical (unpaired) electrons. The Labute approximate surface area is 156 Å². The Kier molecular flexibility index (Phi) is 5.76. The minimum Gasteiger partial charge on any atom is -0.494 e. The summed E-state index contributed by atoms with van der Waals surface area (Å²) in [6, 6.07) is 15.4. The molecule has 0 amide bonds. The number of benzene rings is 3. The van der Waals surface area contributed by atoms with Gasteiger partial charge in [-0.05, 0) is 55.5 Å². The summed E-state index contributed by atoms with van der Waals surface area (Å²) in [6.07, 6.45) is 0. The molecule has 6 heteroatoms. The Hall–Kier alpha value is -3.28. The molecular formula is C21H19F2NO3. The first-order chi connectivity index (χ1) is 13.0. The van der Waals surface area contributed by atoms with Crippen molar-refractivity contribution in [2.24, 2.45) is 0 Å². The van der Waals surface area contributed by atoms with E-state index in [1.54, 1.807) is 42.5 Å². The normalized spacial score (nSPS) is 10.5. The highest BCUT2D eigenvalue weighted by molar-refractivity contribution is 5.57. The van der Waals surface area contributed by atoms with Gasteiger partial charge in [0, 0.05) is 17.7 Å². The molecule has 0 saturated carbocycles. The van der Waals surface area contributed by atoms with Crippen molar-refractivity contribution >= 4 is 5.69 Å². The number of anilines is 1. The van der Waals surface area contributed by atoms with E-state index in [0.717, 1.165) is 6.07 Å². The van der Waals surface area contributed by atoms with E-state index in [1.165, 1.54) is 12.1 Å². The summed E-state index contributed by atoms with van der Waals surface area (Å²) in [4.78, 5) is 0. The molecule has 0 aliphatic carbocycles. The third-order valence-electron chi connectivity index (χ3n) is 3.75. The van der Waals surface area contributed by atoms with Crippen LogP contribution in [0.4, 0.5) is 14.5 Å². The molecule has 0 fully saturated rings. The predicted molar refractivity (Wildman–Crippen MR) is 99.2 cm³/mol. The first-order valence-electron chi connectivity index (χ1n) is 8.42. The minimum absolute atomic E-state index is 0.00183. The molecule has 0 aliphatic rings. The zero-order chi connectivity index (χ0) is 19.2. The van der Waals surface area contributed by atoms with Gasteiger partial charge in [0.1, 0.15) is 35.5 Å². The van der Waals surface area contributed by atoms with Crippen LogP contribution in [0.3, 0.4) is 0 Å². The molecule has 27 heavy (non-hydrogen) atoms. The molecule has 3 aromatic rings.